The van der Waals surface area contributed by atoms with Crippen molar-refractivity contribution >= 4 is 23.1 Å². The molecule has 0 aliphatic rings. The van der Waals surface area contributed by atoms with Crippen LogP contribution in [0.4, 0.5) is 0 Å². The first-order chi connectivity index (χ1) is 6.77. The van der Waals surface area contributed by atoms with E-state index in [4.69, 9.17) is 5.73 Å². The molecule has 1 aromatic rings. The number of thiazole rings is 1. The van der Waals surface area contributed by atoms with E-state index < -0.39 is 0 Å². The van der Waals surface area contributed by atoms with Gasteiger partial charge >= 0.3 is 0 Å². The van der Waals surface area contributed by atoms with Crippen molar-refractivity contribution in [2.75, 3.05) is 5.75 Å². The van der Waals surface area contributed by atoms with Crippen molar-refractivity contribution in [3.63, 3.8) is 0 Å². The van der Waals surface area contributed by atoms with Crippen LogP contribution < -0.4 is 5.73 Å². The lowest BCUT2D eigenvalue weighted by Crippen LogP contribution is -2.08. The van der Waals surface area contributed by atoms with Crippen molar-refractivity contribution in [1.82, 2.24) is 4.98 Å². The van der Waals surface area contributed by atoms with Crippen LogP contribution in [0.3, 0.4) is 0 Å². The highest BCUT2D eigenvalue weighted by Gasteiger charge is 2.07. The Morgan fingerprint density at radius 1 is 1.57 bits per heavy atom. The molecule has 0 amide bonds. The van der Waals surface area contributed by atoms with Gasteiger partial charge in [0.1, 0.15) is 5.01 Å². The largest absolute Gasteiger partial charge is 0.323 e. The minimum absolute atomic E-state index is 0.121. The Kier molecular flexibility index (Phi) is 5.52. The standard InChI is InChI=1S/C10H18N2S2/c1-3-5-13-7-10-12-9(6-14-10)8(11)4-2/h6,8H,3-5,7,11H2,1-2H3. The van der Waals surface area contributed by atoms with Crippen LogP contribution in [0.2, 0.25) is 0 Å². The van der Waals surface area contributed by atoms with Crippen LogP contribution >= 0.6 is 23.1 Å². The van der Waals surface area contributed by atoms with E-state index in [1.165, 1.54) is 17.2 Å². The van der Waals surface area contributed by atoms with Gasteiger partial charge in [-0.1, -0.05) is 13.8 Å². The Labute approximate surface area is 94.3 Å². The molecule has 2 nitrogen and oxygen atoms in total. The van der Waals surface area contributed by atoms with E-state index >= 15 is 0 Å². The molecule has 1 heterocycles. The number of aromatic nitrogens is 1. The van der Waals surface area contributed by atoms with Gasteiger partial charge in [-0.2, -0.15) is 11.8 Å². The fourth-order valence-electron chi connectivity index (χ4n) is 1.07. The first-order valence-electron chi connectivity index (χ1n) is 5.05. The van der Waals surface area contributed by atoms with Gasteiger partial charge in [0, 0.05) is 17.2 Å². The maximum Gasteiger partial charge on any atom is 0.103 e. The van der Waals surface area contributed by atoms with Crippen molar-refractivity contribution in [2.45, 2.75) is 38.5 Å². The molecular formula is C10H18N2S2. The zero-order valence-corrected chi connectivity index (χ0v) is 10.5. The first-order valence-corrected chi connectivity index (χ1v) is 7.09. The van der Waals surface area contributed by atoms with E-state index in [2.05, 4.69) is 24.2 Å². The Balaban J connectivity index is 2.42. The van der Waals surface area contributed by atoms with E-state index in [9.17, 15) is 0 Å². The number of nitrogens with zero attached hydrogens (tertiary/aromatic N) is 1. The fourth-order valence-corrected chi connectivity index (χ4v) is 2.91. The van der Waals surface area contributed by atoms with Gasteiger partial charge in [-0.05, 0) is 18.6 Å². The van der Waals surface area contributed by atoms with Crippen LogP contribution in [-0.2, 0) is 5.75 Å². The maximum absolute atomic E-state index is 5.90. The van der Waals surface area contributed by atoms with Crippen LogP contribution in [0, 0.1) is 0 Å². The highest BCUT2D eigenvalue weighted by molar-refractivity contribution is 7.98. The molecular weight excluding hydrogens is 212 g/mol. The van der Waals surface area contributed by atoms with Gasteiger partial charge in [-0.15, -0.1) is 11.3 Å². The van der Waals surface area contributed by atoms with Crippen molar-refractivity contribution in [3.05, 3.63) is 16.1 Å². The minimum atomic E-state index is 0.121. The Hall–Kier alpha value is -0.0600. The van der Waals surface area contributed by atoms with E-state index in [0.717, 1.165) is 17.9 Å². The van der Waals surface area contributed by atoms with E-state index in [0.29, 0.717) is 0 Å². The predicted octanol–water partition coefficient (Wildman–Crippen LogP) is 3.20. The van der Waals surface area contributed by atoms with Crippen LogP contribution in [0.25, 0.3) is 0 Å². The van der Waals surface area contributed by atoms with Gasteiger partial charge < -0.3 is 5.73 Å². The van der Waals surface area contributed by atoms with Crippen molar-refractivity contribution in [2.24, 2.45) is 5.73 Å². The van der Waals surface area contributed by atoms with Gasteiger partial charge in [0.2, 0.25) is 0 Å². The zero-order chi connectivity index (χ0) is 10.4. The summed E-state index contributed by atoms with van der Waals surface area (Å²) in [5, 5.41) is 3.30. The molecule has 1 unspecified atom stereocenters. The van der Waals surface area contributed by atoms with Crippen molar-refractivity contribution in [1.29, 1.82) is 0 Å². The lowest BCUT2D eigenvalue weighted by Gasteiger charge is -2.02. The number of thioether (sulfide) groups is 1. The van der Waals surface area contributed by atoms with Crippen molar-refractivity contribution in [3.8, 4) is 0 Å². The fraction of sp³-hybridized carbons (Fsp3) is 0.700. The molecule has 0 radical (unpaired) electrons. The van der Waals surface area contributed by atoms with E-state index in [1.54, 1.807) is 11.3 Å². The number of hydrogen-bond donors (Lipinski definition) is 1. The van der Waals surface area contributed by atoms with Crippen LogP contribution in [-0.4, -0.2) is 10.7 Å². The normalized spacial score (nSPS) is 13.1. The number of nitrogens with two attached hydrogens (primary N) is 1. The summed E-state index contributed by atoms with van der Waals surface area (Å²) in [5.74, 6) is 2.25. The highest BCUT2D eigenvalue weighted by atomic mass is 32.2. The van der Waals surface area contributed by atoms with Gasteiger partial charge in [0.15, 0.2) is 0 Å². The SMILES string of the molecule is CCCSCc1nc(C(N)CC)cs1. The summed E-state index contributed by atoms with van der Waals surface area (Å²) < 4.78 is 0. The molecule has 1 rings (SSSR count). The van der Waals surface area contributed by atoms with Gasteiger partial charge in [0.25, 0.3) is 0 Å². The maximum atomic E-state index is 5.90. The minimum Gasteiger partial charge on any atom is -0.323 e. The third kappa shape index (κ3) is 3.59. The first kappa shape index (κ1) is 12.0. The Morgan fingerprint density at radius 2 is 2.36 bits per heavy atom. The lowest BCUT2D eigenvalue weighted by molar-refractivity contribution is 0.678. The average molecular weight is 230 g/mol. The summed E-state index contributed by atoms with van der Waals surface area (Å²) in [7, 11) is 0. The number of rotatable bonds is 6. The lowest BCUT2D eigenvalue weighted by atomic mass is 10.2. The molecule has 4 heteroatoms. The molecule has 2 N–H and O–H groups in total. The zero-order valence-electron chi connectivity index (χ0n) is 8.82. The van der Waals surface area contributed by atoms with Gasteiger partial charge in [-0.25, -0.2) is 4.98 Å². The third-order valence-electron chi connectivity index (χ3n) is 1.96. The molecule has 0 aliphatic heterocycles. The summed E-state index contributed by atoms with van der Waals surface area (Å²) in [6.45, 7) is 4.29. The molecule has 1 aromatic heterocycles. The summed E-state index contributed by atoms with van der Waals surface area (Å²) in [4.78, 5) is 4.53. The van der Waals surface area contributed by atoms with Crippen LogP contribution in [0.15, 0.2) is 5.38 Å². The molecule has 1 atom stereocenters. The van der Waals surface area contributed by atoms with Crippen molar-refractivity contribution < 1.29 is 0 Å². The van der Waals surface area contributed by atoms with E-state index in [1.807, 2.05) is 11.8 Å². The second-order valence-corrected chi connectivity index (χ2v) is 5.28. The average Bonchev–Trinajstić information content (AvgIpc) is 2.66. The van der Waals surface area contributed by atoms with Gasteiger partial charge in [-0.3, -0.25) is 0 Å². The summed E-state index contributed by atoms with van der Waals surface area (Å²) in [5.41, 5.74) is 6.96. The summed E-state index contributed by atoms with van der Waals surface area (Å²) in [6.07, 6.45) is 2.20. The molecule has 0 spiro atoms. The second-order valence-electron chi connectivity index (χ2n) is 3.23. The smallest absolute Gasteiger partial charge is 0.103 e. The quantitative estimate of drug-likeness (QED) is 0.763. The summed E-state index contributed by atoms with van der Waals surface area (Å²) >= 11 is 3.68. The van der Waals surface area contributed by atoms with Gasteiger partial charge in [0.05, 0.1) is 5.69 Å². The summed E-state index contributed by atoms with van der Waals surface area (Å²) in [6, 6.07) is 0.121. The Bertz CT molecular complexity index is 260. The molecule has 80 valence electrons. The number of hydrogen-bond acceptors (Lipinski definition) is 4. The topological polar surface area (TPSA) is 38.9 Å². The second kappa shape index (κ2) is 6.43. The highest BCUT2D eigenvalue weighted by Crippen LogP contribution is 2.21. The Morgan fingerprint density at radius 3 is 3.00 bits per heavy atom. The van der Waals surface area contributed by atoms with Crippen LogP contribution in [0.1, 0.15) is 43.4 Å². The molecule has 0 fully saturated rings. The molecule has 0 saturated carbocycles. The van der Waals surface area contributed by atoms with Crippen LogP contribution in [0.5, 0.6) is 0 Å². The monoisotopic (exact) mass is 230 g/mol. The molecule has 0 bridgehead atoms. The third-order valence-corrected chi connectivity index (χ3v) is 4.19. The van der Waals surface area contributed by atoms with E-state index in [-0.39, 0.29) is 6.04 Å². The molecule has 0 aromatic carbocycles. The molecule has 14 heavy (non-hydrogen) atoms. The predicted molar refractivity (Wildman–Crippen MR) is 65.8 cm³/mol. The molecule has 0 saturated heterocycles. The molecule has 0 aliphatic carbocycles.